The molecule has 2 aliphatic heterocycles. The quantitative estimate of drug-likeness (QED) is 0.324. The highest BCUT2D eigenvalue weighted by Gasteiger charge is 2.36. The lowest BCUT2D eigenvalue weighted by Crippen LogP contribution is -2.23. The molecule has 2 heterocycles. The van der Waals surface area contributed by atoms with Crippen LogP contribution in [0.15, 0.2) is 4.99 Å². The summed E-state index contributed by atoms with van der Waals surface area (Å²) in [6, 6.07) is 0. The molecule has 0 aliphatic carbocycles. The molecule has 0 bridgehead atoms. The number of rotatable bonds is 15. The Balaban J connectivity index is 1.31. The third kappa shape index (κ3) is 7.98. The average molecular weight is 339 g/mol. The number of aliphatic imine (C=N–C) groups is 1. The first kappa shape index (κ1) is 19.7. The summed E-state index contributed by atoms with van der Waals surface area (Å²) in [5, 5.41) is 10.8. The molecule has 0 saturated carbocycles. The number of hydroxylamine groups is 2. The van der Waals surface area contributed by atoms with E-state index in [9.17, 15) is 5.21 Å². The Hall–Kier alpha value is -0.610. The van der Waals surface area contributed by atoms with E-state index in [1.54, 1.807) is 0 Å². The summed E-state index contributed by atoms with van der Waals surface area (Å²) in [6.45, 7) is 3.71. The van der Waals surface area contributed by atoms with Crippen molar-refractivity contribution in [2.24, 2.45) is 4.99 Å². The fourth-order valence-electron chi connectivity index (χ4n) is 3.66. The van der Waals surface area contributed by atoms with Crippen LogP contribution in [0.4, 0.5) is 0 Å². The molecule has 0 aromatic rings. The number of nitrogens with zero attached hydrogens (tertiary/aromatic N) is 2. The van der Waals surface area contributed by atoms with Crippen LogP contribution in [0, 0.1) is 0 Å². The molecule has 24 heavy (non-hydrogen) atoms. The van der Waals surface area contributed by atoms with E-state index >= 15 is 0 Å². The van der Waals surface area contributed by atoms with E-state index in [1.807, 2.05) is 0 Å². The van der Waals surface area contributed by atoms with E-state index in [1.165, 1.54) is 82.1 Å². The molecule has 0 amide bonds. The summed E-state index contributed by atoms with van der Waals surface area (Å²) >= 11 is 0. The smallest absolute Gasteiger partial charge is 0.123 e. The molecule has 0 aromatic heterocycles. The lowest BCUT2D eigenvalue weighted by atomic mass is 10.0. The zero-order chi connectivity index (χ0) is 17.0. The van der Waals surface area contributed by atoms with Crippen LogP contribution in [0.25, 0.3) is 0 Å². The van der Waals surface area contributed by atoms with Gasteiger partial charge in [0.25, 0.3) is 0 Å². The van der Waals surface area contributed by atoms with Gasteiger partial charge in [0.1, 0.15) is 5.84 Å². The average Bonchev–Trinajstić information content (AvgIpc) is 3.21. The largest absolute Gasteiger partial charge is 0.370 e. The monoisotopic (exact) mass is 338 g/mol. The molecule has 0 aromatic carbocycles. The van der Waals surface area contributed by atoms with Gasteiger partial charge >= 0.3 is 0 Å². The van der Waals surface area contributed by atoms with Crippen molar-refractivity contribution in [3.63, 3.8) is 0 Å². The van der Waals surface area contributed by atoms with Gasteiger partial charge in [0.15, 0.2) is 0 Å². The third-order valence-electron chi connectivity index (χ3n) is 5.32. The van der Waals surface area contributed by atoms with Gasteiger partial charge in [0.2, 0.25) is 0 Å². The summed E-state index contributed by atoms with van der Waals surface area (Å²) in [5.74, 6) is 0.888. The molecule has 140 valence electrons. The van der Waals surface area contributed by atoms with Gasteiger partial charge in [-0.3, -0.25) is 10.2 Å². The van der Waals surface area contributed by atoms with E-state index in [0.717, 1.165) is 25.2 Å². The predicted octanol–water partition coefficient (Wildman–Crippen LogP) is 5.34. The number of epoxide rings is 1. The molecule has 1 saturated heterocycles. The van der Waals surface area contributed by atoms with Crippen LogP contribution in [-0.4, -0.2) is 41.4 Å². The molecular formula is C20H38N2O2. The van der Waals surface area contributed by atoms with Crippen molar-refractivity contribution in [3.8, 4) is 0 Å². The Labute approximate surface area is 148 Å². The third-order valence-corrected chi connectivity index (χ3v) is 5.32. The summed E-state index contributed by atoms with van der Waals surface area (Å²) in [7, 11) is 0. The number of hydrogen-bond donors (Lipinski definition) is 1. The molecule has 0 spiro atoms. The minimum atomic E-state index is 0.580. The fraction of sp³-hybridized carbons (Fsp3) is 0.950. The summed E-state index contributed by atoms with van der Waals surface area (Å²) < 4.78 is 5.80. The van der Waals surface area contributed by atoms with Gasteiger partial charge in [-0.25, -0.2) is 5.06 Å². The zero-order valence-electron chi connectivity index (χ0n) is 15.7. The summed E-state index contributed by atoms with van der Waals surface area (Å²) in [5.41, 5.74) is 0. The van der Waals surface area contributed by atoms with Crippen molar-refractivity contribution in [2.45, 2.75) is 109 Å². The molecule has 0 radical (unpaired) electrons. The Kier molecular flexibility index (Phi) is 9.74. The molecule has 1 N–H and O–H groups in total. The summed E-state index contributed by atoms with van der Waals surface area (Å²) in [4.78, 5) is 4.31. The Morgan fingerprint density at radius 3 is 2.08 bits per heavy atom. The molecule has 2 rings (SSSR count). The lowest BCUT2D eigenvalue weighted by molar-refractivity contribution is -0.00500. The van der Waals surface area contributed by atoms with Gasteiger partial charge in [-0.15, -0.1) is 0 Å². The van der Waals surface area contributed by atoms with E-state index in [2.05, 4.69) is 11.9 Å². The van der Waals surface area contributed by atoms with Crippen molar-refractivity contribution in [1.29, 1.82) is 0 Å². The molecule has 2 atom stereocenters. The van der Waals surface area contributed by atoms with Crippen LogP contribution in [0.3, 0.4) is 0 Å². The molecule has 0 unspecified atom stereocenters. The van der Waals surface area contributed by atoms with Crippen LogP contribution in [-0.2, 0) is 4.74 Å². The van der Waals surface area contributed by atoms with Crippen LogP contribution in [0.2, 0.25) is 0 Å². The van der Waals surface area contributed by atoms with E-state index in [-0.39, 0.29) is 0 Å². The predicted molar refractivity (Wildman–Crippen MR) is 99.8 cm³/mol. The van der Waals surface area contributed by atoms with Crippen LogP contribution in [0.1, 0.15) is 96.8 Å². The van der Waals surface area contributed by atoms with Crippen molar-refractivity contribution in [2.75, 3.05) is 13.1 Å². The standard InChI is InChI=1S/C20H38N2O2/c1-2-3-4-5-7-10-13-18-19(24-18)14-11-8-6-9-12-15-20-21-16-17-22(20)23/h18-19,23H,2-17H2,1H3/t18-,19-/m0/s1. The Morgan fingerprint density at radius 2 is 1.50 bits per heavy atom. The Bertz CT molecular complexity index is 360. The van der Waals surface area contributed by atoms with Crippen molar-refractivity contribution < 1.29 is 9.94 Å². The van der Waals surface area contributed by atoms with Gasteiger partial charge in [-0.1, -0.05) is 71.1 Å². The minimum Gasteiger partial charge on any atom is -0.370 e. The van der Waals surface area contributed by atoms with E-state index < -0.39 is 0 Å². The molecule has 4 heteroatoms. The molecule has 2 aliphatic rings. The Morgan fingerprint density at radius 1 is 0.917 bits per heavy atom. The second kappa shape index (κ2) is 11.9. The number of ether oxygens (including phenoxy) is 1. The van der Waals surface area contributed by atoms with Crippen LogP contribution in [0.5, 0.6) is 0 Å². The number of hydrogen-bond acceptors (Lipinski definition) is 4. The normalized spacial score (nSPS) is 22.9. The molecular weight excluding hydrogens is 300 g/mol. The second-order valence-corrected chi connectivity index (χ2v) is 7.50. The van der Waals surface area contributed by atoms with Gasteiger partial charge in [0.05, 0.1) is 25.3 Å². The van der Waals surface area contributed by atoms with Crippen LogP contribution < -0.4 is 0 Å². The first-order valence-corrected chi connectivity index (χ1v) is 10.5. The van der Waals surface area contributed by atoms with Crippen LogP contribution >= 0.6 is 0 Å². The summed E-state index contributed by atoms with van der Waals surface area (Å²) in [6.07, 6.45) is 19.3. The topological polar surface area (TPSA) is 48.4 Å². The zero-order valence-corrected chi connectivity index (χ0v) is 15.7. The van der Waals surface area contributed by atoms with E-state index in [4.69, 9.17) is 4.74 Å². The SMILES string of the molecule is CCCCCCCC[C@@H]1O[C@H]1CCCCCCCC1=NCCN1O. The number of amidine groups is 1. The van der Waals surface area contributed by atoms with Crippen molar-refractivity contribution in [3.05, 3.63) is 0 Å². The minimum absolute atomic E-state index is 0.580. The number of unbranched alkanes of at least 4 members (excludes halogenated alkanes) is 9. The maximum Gasteiger partial charge on any atom is 0.123 e. The fourth-order valence-corrected chi connectivity index (χ4v) is 3.66. The van der Waals surface area contributed by atoms with E-state index in [0.29, 0.717) is 18.8 Å². The van der Waals surface area contributed by atoms with Crippen molar-refractivity contribution in [1.82, 2.24) is 5.06 Å². The highest BCUT2D eigenvalue weighted by molar-refractivity contribution is 5.82. The maximum atomic E-state index is 9.53. The highest BCUT2D eigenvalue weighted by Crippen LogP contribution is 2.31. The van der Waals surface area contributed by atoms with Gasteiger partial charge < -0.3 is 4.74 Å². The van der Waals surface area contributed by atoms with Crippen molar-refractivity contribution >= 4 is 5.84 Å². The molecule has 1 fully saturated rings. The van der Waals surface area contributed by atoms with Gasteiger partial charge in [-0.2, -0.15) is 0 Å². The first-order valence-electron chi connectivity index (χ1n) is 10.5. The molecule has 4 nitrogen and oxygen atoms in total. The van der Waals surface area contributed by atoms with Gasteiger partial charge in [-0.05, 0) is 19.3 Å². The van der Waals surface area contributed by atoms with Gasteiger partial charge in [0, 0.05) is 6.42 Å². The first-order chi connectivity index (χ1) is 11.8. The lowest BCUT2D eigenvalue weighted by Gasteiger charge is -2.10. The highest BCUT2D eigenvalue weighted by atomic mass is 16.6. The maximum absolute atomic E-state index is 9.53. The second-order valence-electron chi connectivity index (χ2n) is 7.50.